The third kappa shape index (κ3) is 3.42. The summed E-state index contributed by atoms with van der Waals surface area (Å²) in [6.45, 7) is 2.31. The van der Waals surface area contributed by atoms with Crippen LogP contribution in [-0.4, -0.2) is 51.2 Å². The maximum absolute atomic E-state index is 9.50. The topological polar surface area (TPSA) is 50.7 Å². The minimum atomic E-state index is -0.0649. The van der Waals surface area contributed by atoms with Gasteiger partial charge in [0.1, 0.15) is 0 Å². The molecule has 1 aliphatic rings. The van der Waals surface area contributed by atoms with E-state index in [1.165, 1.54) is 12.8 Å². The first-order chi connectivity index (χ1) is 7.79. The maximum atomic E-state index is 9.50. The summed E-state index contributed by atoms with van der Waals surface area (Å²) >= 11 is 0. The van der Waals surface area contributed by atoms with Gasteiger partial charge in [-0.1, -0.05) is 6.42 Å². The van der Waals surface area contributed by atoms with Crippen LogP contribution in [0.5, 0.6) is 0 Å². The van der Waals surface area contributed by atoms with Gasteiger partial charge in [0, 0.05) is 19.3 Å². The number of hydrogen-bond donors (Lipinski definition) is 2. The van der Waals surface area contributed by atoms with Crippen LogP contribution in [0.4, 0.5) is 0 Å². The van der Waals surface area contributed by atoms with E-state index >= 15 is 0 Å². The molecule has 1 aliphatic carbocycles. The average molecular weight is 231 g/mol. The number of rotatable bonds is 8. The van der Waals surface area contributed by atoms with Crippen LogP contribution in [0.2, 0.25) is 0 Å². The Morgan fingerprint density at radius 1 is 1.38 bits per heavy atom. The van der Waals surface area contributed by atoms with Gasteiger partial charge in [-0.05, 0) is 32.2 Å². The van der Waals surface area contributed by atoms with Crippen LogP contribution in [0.25, 0.3) is 0 Å². The summed E-state index contributed by atoms with van der Waals surface area (Å²) in [6.07, 6.45) is 4.48. The first kappa shape index (κ1) is 13.9. The van der Waals surface area contributed by atoms with Crippen molar-refractivity contribution in [3.63, 3.8) is 0 Å². The second-order valence-electron chi connectivity index (χ2n) is 4.55. The Bertz CT molecular complexity index is 183. The van der Waals surface area contributed by atoms with E-state index in [1.54, 1.807) is 7.11 Å². The molecule has 2 atom stereocenters. The van der Waals surface area contributed by atoms with Crippen LogP contribution >= 0.6 is 0 Å². The van der Waals surface area contributed by atoms with Crippen molar-refractivity contribution < 1.29 is 14.6 Å². The number of aliphatic hydroxyl groups is 1. The van der Waals surface area contributed by atoms with Crippen LogP contribution in [0.3, 0.4) is 0 Å². The van der Waals surface area contributed by atoms with Crippen LogP contribution in [0.15, 0.2) is 0 Å². The third-order valence-corrected chi connectivity index (χ3v) is 3.78. The zero-order valence-corrected chi connectivity index (χ0v) is 10.5. The standard InChI is InChI=1S/C12H25NO3/c1-13-12(10-14)6-3-4-11(12)5-7-16-9-8-15-2/h11,13-14H,3-10H2,1-2H3. The molecule has 0 heterocycles. The van der Waals surface area contributed by atoms with Crippen molar-refractivity contribution in [1.29, 1.82) is 0 Å². The van der Waals surface area contributed by atoms with E-state index in [1.807, 2.05) is 7.05 Å². The highest BCUT2D eigenvalue weighted by Crippen LogP contribution is 2.37. The Balaban J connectivity index is 2.24. The third-order valence-electron chi connectivity index (χ3n) is 3.78. The molecule has 0 spiro atoms. The monoisotopic (exact) mass is 231 g/mol. The molecule has 2 N–H and O–H groups in total. The van der Waals surface area contributed by atoms with Crippen molar-refractivity contribution in [2.45, 2.75) is 31.2 Å². The molecule has 2 unspecified atom stereocenters. The van der Waals surface area contributed by atoms with Crippen molar-refractivity contribution in [3.8, 4) is 0 Å². The van der Waals surface area contributed by atoms with Gasteiger partial charge in [0.15, 0.2) is 0 Å². The van der Waals surface area contributed by atoms with Gasteiger partial charge in [-0.3, -0.25) is 0 Å². The Morgan fingerprint density at radius 3 is 2.81 bits per heavy atom. The predicted octanol–water partition coefficient (Wildman–Crippen LogP) is 0.790. The highest BCUT2D eigenvalue weighted by molar-refractivity contribution is 4.97. The summed E-state index contributed by atoms with van der Waals surface area (Å²) < 4.78 is 10.4. The molecule has 1 rings (SSSR count). The molecule has 0 aromatic heterocycles. The predicted molar refractivity (Wildman–Crippen MR) is 63.5 cm³/mol. The van der Waals surface area contributed by atoms with Gasteiger partial charge in [-0.25, -0.2) is 0 Å². The van der Waals surface area contributed by atoms with Crippen molar-refractivity contribution in [1.82, 2.24) is 5.32 Å². The Kier molecular flexibility index (Phi) is 6.28. The molecule has 16 heavy (non-hydrogen) atoms. The van der Waals surface area contributed by atoms with Gasteiger partial charge < -0.3 is 19.9 Å². The molecular weight excluding hydrogens is 206 g/mol. The Morgan fingerprint density at radius 2 is 2.19 bits per heavy atom. The lowest BCUT2D eigenvalue weighted by Crippen LogP contribution is -2.49. The van der Waals surface area contributed by atoms with Crippen LogP contribution in [0.1, 0.15) is 25.7 Å². The first-order valence-electron chi connectivity index (χ1n) is 6.15. The quantitative estimate of drug-likeness (QED) is 0.606. The van der Waals surface area contributed by atoms with Crippen molar-refractivity contribution in [3.05, 3.63) is 0 Å². The number of aliphatic hydroxyl groups excluding tert-OH is 1. The lowest BCUT2D eigenvalue weighted by atomic mass is 9.86. The molecule has 1 fully saturated rings. The molecule has 0 bridgehead atoms. The second-order valence-corrected chi connectivity index (χ2v) is 4.55. The fourth-order valence-electron chi connectivity index (χ4n) is 2.65. The normalized spacial score (nSPS) is 29.8. The number of hydrogen-bond acceptors (Lipinski definition) is 4. The van der Waals surface area contributed by atoms with Gasteiger partial charge in [-0.15, -0.1) is 0 Å². The Hall–Kier alpha value is -0.160. The lowest BCUT2D eigenvalue weighted by Gasteiger charge is -2.33. The minimum absolute atomic E-state index is 0.0649. The summed E-state index contributed by atoms with van der Waals surface area (Å²) in [5, 5.41) is 12.8. The molecule has 1 saturated carbocycles. The number of methoxy groups -OCH3 is 1. The highest BCUT2D eigenvalue weighted by atomic mass is 16.5. The number of likely N-dealkylation sites (N-methyl/N-ethyl adjacent to an activating group) is 1. The van der Waals surface area contributed by atoms with Crippen molar-refractivity contribution >= 4 is 0 Å². The van der Waals surface area contributed by atoms with E-state index in [9.17, 15) is 5.11 Å². The first-order valence-corrected chi connectivity index (χ1v) is 6.15. The second kappa shape index (κ2) is 7.22. The largest absolute Gasteiger partial charge is 0.394 e. The molecular formula is C12H25NO3. The van der Waals surface area contributed by atoms with E-state index in [0.717, 1.165) is 19.4 Å². The van der Waals surface area contributed by atoms with Gasteiger partial charge in [0.05, 0.1) is 19.8 Å². The summed E-state index contributed by atoms with van der Waals surface area (Å²) in [6, 6.07) is 0. The van der Waals surface area contributed by atoms with E-state index < -0.39 is 0 Å². The van der Waals surface area contributed by atoms with E-state index in [-0.39, 0.29) is 12.1 Å². The van der Waals surface area contributed by atoms with Gasteiger partial charge in [0.25, 0.3) is 0 Å². The number of ether oxygens (including phenoxy) is 2. The van der Waals surface area contributed by atoms with Crippen molar-refractivity contribution in [2.75, 3.05) is 40.6 Å². The molecule has 96 valence electrons. The summed E-state index contributed by atoms with van der Waals surface area (Å²) in [5.41, 5.74) is -0.0649. The summed E-state index contributed by atoms with van der Waals surface area (Å²) in [7, 11) is 3.62. The fourth-order valence-corrected chi connectivity index (χ4v) is 2.65. The zero-order chi connectivity index (χ0) is 11.9. The smallest absolute Gasteiger partial charge is 0.0700 e. The molecule has 0 aliphatic heterocycles. The van der Waals surface area contributed by atoms with Crippen LogP contribution < -0.4 is 5.32 Å². The molecule has 0 amide bonds. The Labute approximate surface area is 98.3 Å². The van der Waals surface area contributed by atoms with E-state index in [0.29, 0.717) is 19.1 Å². The van der Waals surface area contributed by atoms with Gasteiger partial charge in [0.2, 0.25) is 0 Å². The summed E-state index contributed by atoms with van der Waals surface area (Å²) in [4.78, 5) is 0. The molecule has 0 radical (unpaired) electrons. The molecule has 4 nitrogen and oxygen atoms in total. The lowest BCUT2D eigenvalue weighted by molar-refractivity contribution is 0.0507. The van der Waals surface area contributed by atoms with E-state index in [2.05, 4.69) is 5.32 Å². The zero-order valence-electron chi connectivity index (χ0n) is 10.5. The van der Waals surface area contributed by atoms with Crippen molar-refractivity contribution in [2.24, 2.45) is 5.92 Å². The molecule has 0 aromatic carbocycles. The molecule has 0 saturated heterocycles. The average Bonchev–Trinajstić information content (AvgIpc) is 2.72. The van der Waals surface area contributed by atoms with Crippen LogP contribution in [0, 0.1) is 5.92 Å². The minimum Gasteiger partial charge on any atom is -0.394 e. The highest BCUT2D eigenvalue weighted by Gasteiger charge is 2.40. The van der Waals surface area contributed by atoms with Gasteiger partial charge in [-0.2, -0.15) is 0 Å². The molecule has 0 aromatic rings. The summed E-state index contributed by atoms with van der Waals surface area (Å²) in [5.74, 6) is 0.532. The maximum Gasteiger partial charge on any atom is 0.0700 e. The SMILES string of the molecule is CNC1(CO)CCCC1CCOCCOC. The molecule has 4 heteroatoms. The fraction of sp³-hybridized carbons (Fsp3) is 1.00. The van der Waals surface area contributed by atoms with Crippen LogP contribution in [-0.2, 0) is 9.47 Å². The number of nitrogens with one attached hydrogen (secondary N) is 1. The van der Waals surface area contributed by atoms with Gasteiger partial charge >= 0.3 is 0 Å². The van der Waals surface area contributed by atoms with E-state index in [4.69, 9.17) is 9.47 Å².